The van der Waals surface area contributed by atoms with Crippen LogP contribution in [0, 0.1) is 5.92 Å². The van der Waals surface area contributed by atoms with Gasteiger partial charge < -0.3 is 15.0 Å². The summed E-state index contributed by atoms with van der Waals surface area (Å²) in [5.41, 5.74) is 0.486. The zero-order valence-corrected chi connectivity index (χ0v) is 13.5. The van der Waals surface area contributed by atoms with Crippen LogP contribution in [0.15, 0.2) is 18.2 Å². The minimum absolute atomic E-state index is 0.0127. The summed E-state index contributed by atoms with van der Waals surface area (Å²) in [7, 11) is 3.12. The molecule has 0 radical (unpaired) electrons. The van der Waals surface area contributed by atoms with Crippen molar-refractivity contribution in [3.63, 3.8) is 0 Å². The zero-order valence-electron chi connectivity index (χ0n) is 12.8. The zero-order chi connectivity index (χ0) is 16.0. The van der Waals surface area contributed by atoms with Crippen LogP contribution in [-0.2, 0) is 9.59 Å². The standard InChI is InChI=1S/C15H21ClN2O3/c1-10(2)7-15(20)18(3)9-14(19)17-12-8-11(16)5-6-13(12)21-4/h5-6,8,10H,7,9H2,1-4H3,(H,17,19). The van der Waals surface area contributed by atoms with Gasteiger partial charge in [-0.25, -0.2) is 0 Å². The van der Waals surface area contributed by atoms with Crippen LogP contribution in [0.5, 0.6) is 5.75 Å². The third-order valence-electron chi connectivity index (χ3n) is 2.83. The first-order chi connectivity index (χ1) is 9.83. The number of likely N-dealkylation sites (N-methyl/N-ethyl adjacent to an activating group) is 1. The second kappa shape index (κ2) is 7.88. The Bertz CT molecular complexity index is 518. The van der Waals surface area contributed by atoms with Crippen LogP contribution in [-0.4, -0.2) is 37.4 Å². The lowest BCUT2D eigenvalue weighted by Gasteiger charge is -2.18. The van der Waals surface area contributed by atoms with E-state index in [1.54, 1.807) is 25.2 Å². The molecule has 0 aliphatic heterocycles. The number of methoxy groups -OCH3 is 1. The maximum Gasteiger partial charge on any atom is 0.244 e. The molecule has 0 aromatic heterocycles. The van der Waals surface area contributed by atoms with Gasteiger partial charge in [-0.1, -0.05) is 25.4 Å². The number of rotatable bonds is 6. The Balaban J connectivity index is 2.65. The number of halogens is 1. The van der Waals surface area contributed by atoms with Crippen molar-refractivity contribution in [3.05, 3.63) is 23.2 Å². The van der Waals surface area contributed by atoms with Gasteiger partial charge >= 0.3 is 0 Å². The Kier molecular flexibility index (Phi) is 6.49. The van der Waals surface area contributed by atoms with E-state index in [-0.39, 0.29) is 24.3 Å². The molecule has 116 valence electrons. The number of hydrogen-bond acceptors (Lipinski definition) is 3. The van der Waals surface area contributed by atoms with Crippen LogP contribution in [0.2, 0.25) is 5.02 Å². The minimum atomic E-state index is -0.296. The molecule has 0 saturated carbocycles. The molecule has 0 fully saturated rings. The van der Waals surface area contributed by atoms with Gasteiger partial charge in [-0.2, -0.15) is 0 Å². The maximum atomic E-state index is 12.0. The van der Waals surface area contributed by atoms with Crippen molar-refractivity contribution in [3.8, 4) is 5.75 Å². The Morgan fingerprint density at radius 3 is 2.62 bits per heavy atom. The van der Waals surface area contributed by atoms with E-state index in [4.69, 9.17) is 16.3 Å². The minimum Gasteiger partial charge on any atom is -0.495 e. The maximum absolute atomic E-state index is 12.0. The Morgan fingerprint density at radius 2 is 2.05 bits per heavy atom. The highest BCUT2D eigenvalue weighted by Gasteiger charge is 2.15. The number of amides is 2. The van der Waals surface area contributed by atoms with Crippen molar-refractivity contribution in [2.75, 3.05) is 26.0 Å². The second-order valence-corrected chi connectivity index (χ2v) is 5.68. The van der Waals surface area contributed by atoms with E-state index in [1.165, 1.54) is 12.0 Å². The van der Waals surface area contributed by atoms with Gasteiger partial charge in [0.25, 0.3) is 0 Å². The van der Waals surface area contributed by atoms with Crippen molar-refractivity contribution in [2.45, 2.75) is 20.3 Å². The molecule has 0 aliphatic carbocycles. The fourth-order valence-electron chi connectivity index (χ4n) is 1.78. The van der Waals surface area contributed by atoms with E-state index < -0.39 is 0 Å². The molecule has 2 amide bonds. The number of carbonyl (C=O) groups excluding carboxylic acids is 2. The van der Waals surface area contributed by atoms with Crippen LogP contribution in [0.1, 0.15) is 20.3 Å². The normalized spacial score (nSPS) is 10.4. The first kappa shape index (κ1) is 17.3. The van der Waals surface area contributed by atoms with Crippen LogP contribution in [0.25, 0.3) is 0 Å². The highest BCUT2D eigenvalue weighted by Crippen LogP contribution is 2.27. The van der Waals surface area contributed by atoms with Crippen molar-refractivity contribution >= 4 is 29.1 Å². The quantitative estimate of drug-likeness (QED) is 0.878. The highest BCUT2D eigenvalue weighted by atomic mass is 35.5. The molecule has 0 spiro atoms. The summed E-state index contributed by atoms with van der Waals surface area (Å²) in [6, 6.07) is 4.95. The van der Waals surface area contributed by atoms with Crippen LogP contribution >= 0.6 is 11.6 Å². The van der Waals surface area contributed by atoms with Gasteiger partial charge in [-0.3, -0.25) is 9.59 Å². The predicted molar refractivity (Wildman–Crippen MR) is 83.7 cm³/mol. The van der Waals surface area contributed by atoms with E-state index >= 15 is 0 Å². The first-order valence-corrected chi connectivity index (χ1v) is 7.08. The second-order valence-electron chi connectivity index (χ2n) is 5.24. The van der Waals surface area contributed by atoms with Gasteiger partial charge in [0.2, 0.25) is 11.8 Å². The Labute approximate surface area is 130 Å². The molecule has 21 heavy (non-hydrogen) atoms. The largest absolute Gasteiger partial charge is 0.495 e. The number of hydrogen-bond donors (Lipinski definition) is 1. The SMILES string of the molecule is COc1ccc(Cl)cc1NC(=O)CN(C)C(=O)CC(C)C. The van der Waals surface area contributed by atoms with E-state index in [9.17, 15) is 9.59 Å². The third kappa shape index (κ3) is 5.63. The lowest BCUT2D eigenvalue weighted by Crippen LogP contribution is -2.35. The van der Waals surface area contributed by atoms with E-state index in [0.717, 1.165) is 0 Å². The molecule has 1 N–H and O–H groups in total. The molecule has 0 atom stereocenters. The molecule has 1 aromatic rings. The number of nitrogens with one attached hydrogen (secondary N) is 1. The smallest absolute Gasteiger partial charge is 0.244 e. The molecule has 0 heterocycles. The molecular formula is C15H21ClN2O3. The molecule has 0 saturated heterocycles. The van der Waals surface area contributed by atoms with Crippen molar-refractivity contribution in [1.29, 1.82) is 0 Å². The lowest BCUT2D eigenvalue weighted by molar-refractivity contribution is -0.133. The first-order valence-electron chi connectivity index (χ1n) is 6.70. The molecular weight excluding hydrogens is 292 g/mol. The monoisotopic (exact) mass is 312 g/mol. The summed E-state index contributed by atoms with van der Waals surface area (Å²) in [5.74, 6) is 0.424. The van der Waals surface area contributed by atoms with Crippen LogP contribution in [0.3, 0.4) is 0 Å². The summed E-state index contributed by atoms with van der Waals surface area (Å²) in [6.45, 7) is 3.91. The van der Waals surface area contributed by atoms with E-state index in [1.807, 2.05) is 13.8 Å². The molecule has 0 aliphatic rings. The summed E-state index contributed by atoms with van der Waals surface area (Å²) in [6.07, 6.45) is 0.421. The summed E-state index contributed by atoms with van der Waals surface area (Å²) < 4.78 is 5.15. The van der Waals surface area contributed by atoms with Gasteiger partial charge in [-0.15, -0.1) is 0 Å². The van der Waals surface area contributed by atoms with Gasteiger partial charge in [-0.05, 0) is 24.1 Å². The molecule has 1 rings (SSSR count). The summed E-state index contributed by atoms with van der Waals surface area (Å²) in [4.78, 5) is 25.2. The molecule has 0 unspecified atom stereocenters. The molecule has 0 bridgehead atoms. The van der Waals surface area contributed by atoms with Gasteiger partial charge in [0.15, 0.2) is 0 Å². The van der Waals surface area contributed by atoms with Gasteiger partial charge in [0.1, 0.15) is 5.75 Å². The van der Waals surface area contributed by atoms with Gasteiger partial charge in [0, 0.05) is 18.5 Å². The predicted octanol–water partition coefficient (Wildman–Crippen LogP) is 2.79. The fourth-order valence-corrected chi connectivity index (χ4v) is 1.95. The molecule has 5 nitrogen and oxygen atoms in total. The van der Waals surface area contributed by atoms with E-state index in [2.05, 4.69) is 5.32 Å². The fraction of sp³-hybridized carbons (Fsp3) is 0.467. The average molecular weight is 313 g/mol. The van der Waals surface area contributed by atoms with Crippen LogP contribution in [0.4, 0.5) is 5.69 Å². The van der Waals surface area contributed by atoms with Crippen molar-refractivity contribution < 1.29 is 14.3 Å². The number of benzene rings is 1. The van der Waals surface area contributed by atoms with Gasteiger partial charge in [0.05, 0.1) is 19.3 Å². The third-order valence-corrected chi connectivity index (χ3v) is 3.06. The number of ether oxygens (including phenoxy) is 1. The number of nitrogens with zero attached hydrogens (tertiary/aromatic N) is 1. The number of anilines is 1. The molecule has 6 heteroatoms. The van der Waals surface area contributed by atoms with E-state index in [0.29, 0.717) is 22.9 Å². The number of carbonyl (C=O) groups is 2. The Morgan fingerprint density at radius 1 is 1.38 bits per heavy atom. The molecule has 1 aromatic carbocycles. The highest BCUT2D eigenvalue weighted by molar-refractivity contribution is 6.31. The van der Waals surface area contributed by atoms with Crippen LogP contribution < -0.4 is 10.1 Å². The summed E-state index contributed by atoms with van der Waals surface area (Å²) in [5, 5.41) is 3.19. The average Bonchev–Trinajstić information content (AvgIpc) is 2.37. The van der Waals surface area contributed by atoms with Crippen molar-refractivity contribution in [1.82, 2.24) is 4.90 Å². The Hall–Kier alpha value is -1.75. The van der Waals surface area contributed by atoms with Crippen molar-refractivity contribution in [2.24, 2.45) is 5.92 Å². The topological polar surface area (TPSA) is 58.6 Å². The lowest BCUT2D eigenvalue weighted by atomic mass is 10.1. The summed E-state index contributed by atoms with van der Waals surface area (Å²) >= 11 is 5.90.